The van der Waals surface area contributed by atoms with Crippen molar-refractivity contribution in [1.82, 2.24) is 14.8 Å². The molecule has 0 amide bonds. The van der Waals surface area contributed by atoms with Crippen molar-refractivity contribution in [2.75, 3.05) is 14.2 Å². The zero-order chi connectivity index (χ0) is 16.4. The molecule has 1 aromatic heterocycles. The molecule has 2 aromatic rings. The van der Waals surface area contributed by atoms with Gasteiger partial charge in [-0.3, -0.25) is 4.79 Å². The molecule has 23 heavy (non-hydrogen) atoms. The second-order valence-electron chi connectivity index (χ2n) is 5.45. The molecule has 0 bridgehead atoms. The molecule has 1 heterocycles. The monoisotopic (exact) mass is 333 g/mol. The second kappa shape index (κ2) is 6.62. The van der Waals surface area contributed by atoms with Crippen molar-refractivity contribution >= 4 is 17.5 Å². The molecule has 6 nitrogen and oxygen atoms in total. The van der Waals surface area contributed by atoms with E-state index in [1.165, 1.54) is 11.8 Å². The first kappa shape index (κ1) is 15.9. The first-order chi connectivity index (χ1) is 11.1. The van der Waals surface area contributed by atoms with Crippen molar-refractivity contribution in [3.63, 3.8) is 0 Å². The Bertz CT molecular complexity index is 712. The van der Waals surface area contributed by atoms with Crippen molar-refractivity contribution in [2.24, 2.45) is 0 Å². The van der Waals surface area contributed by atoms with Crippen molar-refractivity contribution in [3.8, 4) is 11.5 Å². The van der Waals surface area contributed by atoms with Gasteiger partial charge in [-0.05, 0) is 38.0 Å². The Morgan fingerprint density at radius 2 is 2.04 bits per heavy atom. The molecule has 1 atom stereocenters. The van der Waals surface area contributed by atoms with Crippen LogP contribution in [0.3, 0.4) is 0 Å². The second-order valence-corrected chi connectivity index (χ2v) is 6.75. The minimum atomic E-state index is -0.255. The summed E-state index contributed by atoms with van der Waals surface area (Å²) >= 11 is 1.44. The highest BCUT2D eigenvalue weighted by Gasteiger charge is 2.28. The van der Waals surface area contributed by atoms with Gasteiger partial charge in [0.1, 0.15) is 6.33 Å². The molecule has 0 N–H and O–H groups in total. The number of rotatable bonds is 7. The lowest BCUT2D eigenvalue weighted by Gasteiger charge is -2.13. The maximum atomic E-state index is 12.7. The number of thioether (sulfide) groups is 1. The van der Waals surface area contributed by atoms with Gasteiger partial charge in [0.15, 0.2) is 22.4 Å². The van der Waals surface area contributed by atoms with Crippen LogP contribution >= 0.6 is 11.8 Å². The van der Waals surface area contributed by atoms with Crippen LogP contribution in [0, 0.1) is 0 Å². The molecular weight excluding hydrogens is 314 g/mol. The Hall–Kier alpha value is -2.02. The van der Waals surface area contributed by atoms with Crippen LogP contribution < -0.4 is 9.47 Å². The lowest BCUT2D eigenvalue weighted by Crippen LogP contribution is -2.14. The highest BCUT2D eigenvalue weighted by molar-refractivity contribution is 8.00. The maximum absolute atomic E-state index is 12.7. The summed E-state index contributed by atoms with van der Waals surface area (Å²) < 4.78 is 12.5. The SMILES string of the molecule is COc1ccc(C(=O)C(C)Sc2nncn2C2CC2)cc1OC. The highest BCUT2D eigenvalue weighted by atomic mass is 32.2. The fraction of sp³-hybridized carbons (Fsp3) is 0.438. The van der Waals surface area contributed by atoms with Crippen molar-refractivity contribution in [1.29, 1.82) is 0 Å². The molecular formula is C16H19N3O3S. The number of hydrogen-bond acceptors (Lipinski definition) is 6. The lowest BCUT2D eigenvalue weighted by atomic mass is 10.1. The summed E-state index contributed by atoms with van der Waals surface area (Å²) in [5.74, 6) is 1.19. The third kappa shape index (κ3) is 3.34. The topological polar surface area (TPSA) is 66.2 Å². The smallest absolute Gasteiger partial charge is 0.191 e. The molecule has 3 rings (SSSR count). The fourth-order valence-electron chi connectivity index (χ4n) is 2.36. The van der Waals surface area contributed by atoms with Gasteiger partial charge in [-0.1, -0.05) is 11.8 Å². The van der Waals surface area contributed by atoms with Crippen molar-refractivity contribution in [2.45, 2.75) is 36.2 Å². The van der Waals surface area contributed by atoms with E-state index in [-0.39, 0.29) is 11.0 Å². The first-order valence-electron chi connectivity index (χ1n) is 7.46. The van der Waals surface area contributed by atoms with E-state index < -0.39 is 0 Å². The lowest BCUT2D eigenvalue weighted by molar-refractivity contribution is 0.0993. The Morgan fingerprint density at radius 1 is 1.30 bits per heavy atom. The van der Waals surface area contributed by atoms with E-state index in [9.17, 15) is 4.79 Å². The predicted octanol–water partition coefficient (Wildman–Crippen LogP) is 2.99. The summed E-state index contributed by atoms with van der Waals surface area (Å²) in [6, 6.07) is 5.71. The largest absolute Gasteiger partial charge is 0.493 e. The molecule has 122 valence electrons. The Morgan fingerprint density at radius 3 is 2.70 bits per heavy atom. The van der Waals surface area contributed by atoms with Gasteiger partial charge in [0.25, 0.3) is 0 Å². The number of carbonyl (C=O) groups is 1. The standard InChI is InChI=1S/C16H19N3O3S/c1-10(23-16-18-17-9-19(16)12-5-6-12)15(20)11-4-7-13(21-2)14(8-11)22-3/h4,7-10,12H,5-6H2,1-3H3. The third-order valence-corrected chi connectivity index (χ3v) is 4.87. The number of carbonyl (C=O) groups excluding carboxylic acids is 1. The van der Waals surface area contributed by atoms with Crippen LogP contribution in [-0.2, 0) is 0 Å². The maximum Gasteiger partial charge on any atom is 0.191 e. The summed E-state index contributed by atoms with van der Waals surface area (Å²) in [5, 5.41) is 8.64. The summed E-state index contributed by atoms with van der Waals surface area (Å²) in [7, 11) is 3.13. The van der Waals surface area contributed by atoms with Gasteiger partial charge >= 0.3 is 0 Å². The predicted molar refractivity (Wildman–Crippen MR) is 87.5 cm³/mol. The quantitative estimate of drug-likeness (QED) is 0.573. The van der Waals surface area contributed by atoms with Crippen LogP contribution in [0.5, 0.6) is 11.5 Å². The molecule has 1 saturated carbocycles. The van der Waals surface area contributed by atoms with Crippen LogP contribution in [0.2, 0.25) is 0 Å². The molecule has 0 radical (unpaired) electrons. The number of Topliss-reactive ketones (excluding diaryl/α,β-unsaturated/α-hetero) is 1. The van der Waals surface area contributed by atoms with Crippen LogP contribution in [0.15, 0.2) is 29.7 Å². The molecule has 1 aromatic carbocycles. The zero-order valence-corrected chi connectivity index (χ0v) is 14.2. The Kier molecular flexibility index (Phi) is 4.56. The summed E-state index contributed by atoms with van der Waals surface area (Å²) in [4.78, 5) is 12.7. The zero-order valence-electron chi connectivity index (χ0n) is 13.4. The van der Waals surface area contributed by atoms with Gasteiger partial charge in [0, 0.05) is 11.6 Å². The van der Waals surface area contributed by atoms with Gasteiger partial charge in [0.05, 0.1) is 19.5 Å². The summed E-state index contributed by atoms with van der Waals surface area (Å²) in [6.45, 7) is 1.88. The normalized spacial score (nSPS) is 15.3. The Labute approximate surface area is 139 Å². The van der Waals surface area contributed by atoms with Gasteiger partial charge in [0.2, 0.25) is 0 Å². The number of aromatic nitrogens is 3. The number of benzene rings is 1. The molecule has 0 aliphatic heterocycles. The molecule has 0 spiro atoms. The fourth-order valence-corrected chi connectivity index (χ4v) is 3.33. The van der Waals surface area contributed by atoms with Crippen LogP contribution in [0.1, 0.15) is 36.2 Å². The van der Waals surface area contributed by atoms with E-state index in [4.69, 9.17) is 9.47 Å². The van der Waals surface area contributed by atoms with Gasteiger partial charge in [-0.15, -0.1) is 10.2 Å². The molecule has 1 unspecified atom stereocenters. The number of methoxy groups -OCH3 is 2. The average Bonchev–Trinajstić information content (AvgIpc) is 3.33. The molecule has 7 heteroatoms. The van der Waals surface area contributed by atoms with E-state index in [1.807, 2.05) is 6.92 Å². The molecule has 1 aliphatic rings. The average molecular weight is 333 g/mol. The van der Waals surface area contributed by atoms with Crippen molar-refractivity contribution < 1.29 is 14.3 Å². The Balaban J connectivity index is 1.75. The molecule has 1 fully saturated rings. The van der Waals surface area contributed by atoms with Crippen LogP contribution in [-0.4, -0.2) is 40.0 Å². The van der Waals surface area contributed by atoms with E-state index in [0.29, 0.717) is 23.1 Å². The number of hydrogen-bond donors (Lipinski definition) is 0. The van der Waals surface area contributed by atoms with Gasteiger partial charge < -0.3 is 14.0 Å². The van der Waals surface area contributed by atoms with Gasteiger partial charge in [-0.2, -0.15) is 0 Å². The minimum absolute atomic E-state index is 0.0290. The number of ether oxygens (including phenoxy) is 2. The van der Waals surface area contributed by atoms with E-state index in [1.54, 1.807) is 38.7 Å². The van der Waals surface area contributed by atoms with E-state index >= 15 is 0 Å². The number of ketones is 1. The first-order valence-corrected chi connectivity index (χ1v) is 8.34. The van der Waals surface area contributed by atoms with Gasteiger partial charge in [-0.25, -0.2) is 0 Å². The third-order valence-electron chi connectivity index (χ3n) is 3.80. The minimum Gasteiger partial charge on any atom is -0.493 e. The molecule has 1 aliphatic carbocycles. The van der Waals surface area contributed by atoms with Crippen LogP contribution in [0.25, 0.3) is 0 Å². The van der Waals surface area contributed by atoms with E-state index in [2.05, 4.69) is 14.8 Å². The number of nitrogens with zero attached hydrogens (tertiary/aromatic N) is 3. The molecule has 0 saturated heterocycles. The summed E-state index contributed by atoms with van der Waals surface area (Å²) in [5.41, 5.74) is 0.597. The highest BCUT2D eigenvalue weighted by Crippen LogP contribution is 2.38. The summed E-state index contributed by atoms with van der Waals surface area (Å²) in [6.07, 6.45) is 4.06. The van der Waals surface area contributed by atoms with Crippen LogP contribution in [0.4, 0.5) is 0 Å². The van der Waals surface area contributed by atoms with E-state index in [0.717, 1.165) is 18.0 Å². The van der Waals surface area contributed by atoms with Crippen molar-refractivity contribution in [3.05, 3.63) is 30.1 Å².